The standard InChI is InChI=1S/C13H15BrN2O2S/c1-2-5-16-12(17)7-11(13(16)18)19-10-4-3-8(14)6-9(10)15/h3-4,6,11H,2,5,7,15H2,1H3. The van der Waals surface area contributed by atoms with Crippen LogP contribution >= 0.6 is 27.7 Å². The molecule has 0 bridgehead atoms. The van der Waals surface area contributed by atoms with E-state index in [1.54, 1.807) is 6.07 Å². The number of carbonyl (C=O) groups excluding carboxylic acids is 2. The molecule has 0 radical (unpaired) electrons. The number of thioether (sulfide) groups is 1. The quantitative estimate of drug-likeness (QED) is 0.674. The Morgan fingerprint density at radius 1 is 1.47 bits per heavy atom. The molecule has 1 aromatic carbocycles. The molecule has 1 atom stereocenters. The van der Waals surface area contributed by atoms with Gasteiger partial charge in [0.15, 0.2) is 0 Å². The lowest BCUT2D eigenvalue weighted by Gasteiger charge is -2.13. The fourth-order valence-electron chi connectivity index (χ4n) is 1.98. The van der Waals surface area contributed by atoms with Gasteiger partial charge >= 0.3 is 0 Å². The van der Waals surface area contributed by atoms with Gasteiger partial charge in [-0.15, -0.1) is 11.8 Å². The summed E-state index contributed by atoms with van der Waals surface area (Å²) in [6, 6.07) is 5.54. The van der Waals surface area contributed by atoms with Crippen LogP contribution in [-0.4, -0.2) is 28.5 Å². The highest BCUT2D eigenvalue weighted by Crippen LogP contribution is 2.35. The number of halogens is 1. The minimum Gasteiger partial charge on any atom is -0.398 e. The van der Waals surface area contributed by atoms with Crippen molar-refractivity contribution in [1.29, 1.82) is 0 Å². The number of nitrogens with zero attached hydrogens (tertiary/aromatic N) is 1. The zero-order chi connectivity index (χ0) is 14.0. The molecule has 102 valence electrons. The van der Waals surface area contributed by atoms with Crippen molar-refractivity contribution in [3.8, 4) is 0 Å². The monoisotopic (exact) mass is 342 g/mol. The molecule has 1 aromatic rings. The first-order chi connectivity index (χ1) is 9.02. The van der Waals surface area contributed by atoms with E-state index in [2.05, 4.69) is 15.9 Å². The first-order valence-corrected chi connectivity index (χ1v) is 7.76. The Balaban J connectivity index is 2.12. The number of carbonyl (C=O) groups is 2. The Labute approximate surface area is 124 Å². The Morgan fingerprint density at radius 2 is 2.21 bits per heavy atom. The second-order valence-electron chi connectivity index (χ2n) is 4.38. The van der Waals surface area contributed by atoms with Gasteiger partial charge in [0, 0.05) is 28.0 Å². The van der Waals surface area contributed by atoms with Crippen LogP contribution in [0.2, 0.25) is 0 Å². The van der Waals surface area contributed by atoms with Crippen LogP contribution in [0.4, 0.5) is 5.69 Å². The number of amides is 2. The first-order valence-electron chi connectivity index (χ1n) is 6.08. The molecule has 2 rings (SSSR count). The van der Waals surface area contributed by atoms with Crippen LogP contribution in [0.1, 0.15) is 19.8 Å². The summed E-state index contributed by atoms with van der Waals surface area (Å²) >= 11 is 4.71. The van der Waals surface area contributed by atoms with E-state index >= 15 is 0 Å². The second kappa shape index (κ2) is 5.96. The van der Waals surface area contributed by atoms with Gasteiger partial charge in [-0.2, -0.15) is 0 Å². The van der Waals surface area contributed by atoms with E-state index in [1.165, 1.54) is 16.7 Å². The highest BCUT2D eigenvalue weighted by atomic mass is 79.9. The highest BCUT2D eigenvalue weighted by molar-refractivity contribution is 9.10. The summed E-state index contributed by atoms with van der Waals surface area (Å²) in [5.41, 5.74) is 6.53. The number of imide groups is 1. The smallest absolute Gasteiger partial charge is 0.243 e. The van der Waals surface area contributed by atoms with Gasteiger partial charge in [-0.05, 0) is 24.6 Å². The lowest BCUT2D eigenvalue weighted by Crippen LogP contribution is -2.31. The van der Waals surface area contributed by atoms with Crippen molar-refractivity contribution in [2.75, 3.05) is 12.3 Å². The molecule has 2 amide bonds. The molecule has 0 spiro atoms. The average molecular weight is 343 g/mol. The van der Waals surface area contributed by atoms with E-state index in [9.17, 15) is 9.59 Å². The molecule has 0 saturated carbocycles. The Hall–Kier alpha value is -1.01. The Morgan fingerprint density at radius 3 is 2.84 bits per heavy atom. The van der Waals surface area contributed by atoms with Crippen molar-refractivity contribution in [2.45, 2.75) is 29.9 Å². The van der Waals surface area contributed by atoms with Crippen molar-refractivity contribution in [2.24, 2.45) is 0 Å². The Kier molecular flexibility index (Phi) is 4.52. The summed E-state index contributed by atoms with van der Waals surface area (Å²) in [6.07, 6.45) is 1.05. The highest BCUT2D eigenvalue weighted by Gasteiger charge is 2.38. The minimum atomic E-state index is -0.345. The lowest BCUT2D eigenvalue weighted by atomic mass is 10.3. The zero-order valence-corrected chi connectivity index (χ0v) is 13.0. The van der Waals surface area contributed by atoms with Gasteiger partial charge in [-0.1, -0.05) is 22.9 Å². The largest absolute Gasteiger partial charge is 0.398 e. The number of hydrogen-bond acceptors (Lipinski definition) is 4. The molecule has 1 heterocycles. The van der Waals surface area contributed by atoms with Crippen LogP contribution in [0.3, 0.4) is 0 Å². The maximum atomic E-state index is 12.1. The minimum absolute atomic E-state index is 0.0833. The molecule has 1 unspecified atom stereocenters. The third-order valence-electron chi connectivity index (χ3n) is 2.89. The van der Waals surface area contributed by atoms with E-state index in [0.29, 0.717) is 12.2 Å². The van der Waals surface area contributed by atoms with E-state index < -0.39 is 0 Å². The molecule has 1 aliphatic heterocycles. The topological polar surface area (TPSA) is 63.4 Å². The number of benzene rings is 1. The number of rotatable bonds is 4. The van der Waals surface area contributed by atoms with Crippen LogP contribution in [0.5, 0.6) is 0 Å². The van der Waals surface area contributed by atoms with Crippen LogP contribution in [0, 0.1) is 0 Å². The molecule has 0 aromatic heterocycles. The van der Waals surface area contributed by atoms with Gasteiger partial charge in [0.25, 0.3) is 0 Å². The fourth-order valence-corrected chi connectivity index (χ4v) is 3.46. The van der Waals surface area contributed by atoms with Crippen molar-refractivity contribution in [3.63, 3.8) is 0 Å². The van der Waals surface area contributed by atoms with Crippen molar-refractivity contribution < 1.29 is 9.59 Å². The van der Waals surface area contributed by atoms with Crippen molar-refractivity contribution in [1.82, 2.24) is 4.90 Å². The first kappa shape index (κ1) is 14.4. The van der Waals surface area contributed by atoms with Gasteiger partial charge in [-0.25, -0.2) is 0 Å². The Bertz CT molecular complexity index is 521. The number of likely N-dealkylation sites (tertiary alicyclic amines) is 1. The van der Waals surface area contributed by atoms with Crippen LogP contribution < -0.4 is 5.73 Å². The normalized spacial score (nSPS) is 19.3. The van der Waals surface area contributed by atoms with Crippen LogP contribution in [0.15, 0.2) is 27.6 Å². The summed E-state index contributed by atoms with van der Waals surface area (Å²) in [7, 11) is 0. The summed E-state index contributed by atoms with van der Waals surface area (Å²) < 4.78 is 0.899. The predicted octanol–water partition coefficient (Wildman–Crippen LogP) is 2.66. The number of nitrogen functional groups attached to an aromatic ring is 1. The maximum Gasteiger partial charge on any atom is 0.243 e. The second-order valence-corrected chi connectivity index (χ2v) is 6.54. The predicted molar refractivity (Wildman–Crippen MR) is 79.8 cm³/mol. The van der Waals surface area contributed by atoms with E-state index in [4.69, 9.17) is 5.73 Å². The van der Waals surface area contributed by atoms with E-state index in [1.807, 2.05) is 19.1 Å². The van der Waals surface area contributed by atoms with Gasteiger partial charge in [0.1, 0.15) is 0 Å². The SMILES string of the molecule is CCCN1C(=O)CC(Sc2ccc(Br)cc2N)C1=O. The van der Waals surface area contributed by atoms with Crippen molar-refractivity contribution in [3.05, 3.63) is 22.7 Å². The summed E-state index contributed by atoms with van der Waals surface area (Å²) in [4.78, 5) is 26.1. The number of hydrogen-bond donors (Lipinski definition) is 1. The van der Waals surface area contributed by atoms with Gasteiger partial charge in [-0.3, -0.25) is 14.5 Å². The molecule has 1 saturated heterocycles. The van der Waals surface area contributed by atoms with Crippen LogP contribution in [-0.2, 0) is 9.59 Å². The molecular weight excluding hydrogens is 328 g/mol. The van der Waals surface area contributed by atoms with Crippen LogP contribution in [0.25, 0.3) is 0 Å². The molecular formula is C13H15BrN2O2S. The summed E-state index contributed by atoms with van der Waals surface area (Å²) in [6.45, 7) is 2.46. The van der Waals surface area contributed by atoms with Gasteiger partial charge in [0.2, 0.25) is 11.8 Å². The lowest BCUT2D eigenvalue weighted by molar-refractivity contribution is -0.138. The molecule has 6 heteroatoms. The fraction of sp³-hybridized carbons (Fsp3) is 0.385. The van der Waals surface area contributed by atoms with E-state index in [-0.39, 0.29) is 23.5 Å². The number of anilines is 1. The molecule has 0 aliphatic carbocycles. The molecule has 1 fully saturated rings. The van der Waals surface area contributed by atoms with Gasteiger partial charge in [0.05, 0.1) is 5.25 Å². The molecule has 2 N–H and O–H groups in total. The van der Waals surface area contributed by atoms with Gasteiger partial charge < -0.3 is 5.73 Å². The van der Waals surface area contributed by atoms with Crippen molar-refractivity contribution >= 4 is 45.2 Å². The number of nitrogens with two attached hydrogens (primary N) is 1. The third kappa shape index (κ3) is 3.12. The summed E-state index contributed by atoms with van der Waals surface area (Å²) in [5.74, 6) is -0.181. The molecule has 4 nitrogen and oxygen atoms in total. The average Bonchev–Trinajstić information content (AvgIpc) is 2.61. The summed E-state index contributed by atoms with van der Waals surface area (Å²) in [5, 5.41) is -0.345. The molecule has 1 aliphatic rings. The third-order valence-corrected chi connectivity index (χ3v) is 4.66. The zero-order valence-electron chi connectivity index (χ0n) is 10.6. The molecule has 19 heavy (non-hydrogen) atoms. The maximum absolute atomic E-state index is 12.1. The van der Waals surface area contributed by atoms with E-state index in [0.717, 1.165) is 15.8 Å².